The Bertz CT molecular complexity index is 781. The van der Waals surface area contributed by atoms with Crippen molar-refractivity contribution in [3.05, 3.63) is 54.4 Å². The molecule has 0 unspecified atom stereocenters. The van der Waals surface area contributed by atoms with E-state index in [-0.39, 0.29) is 5.91 Å². The average molecular weight is 281 g/mol. The Morgan fingerprint density at radius 3 is 2.86 bits per heavy atom. The normalized spacial score (nSPS) is 10.6. The lowest BCUT2D eigenvalue weighted by molar-refractivity contribution is 0.0994. The fraction of sp³-hybridized carbons (Fsp3) is 0.125. The molecular weight excluding hydrogens is 266 g/mol. The standard InChI is InChI=1S/C16H15N3O2/c1-19(15-5-3-4-8-17-15)16(20)13-10-18-14-7-6-11(21-2)9-12(13)14/h3-10,18H,1-2H3. The Hall–Kier alpha value is -2.82. The summed E-state index contributed by atoms with van der Waals surface area (Å²) in [6.07, 6.45) is 3.38. The molecule has 0 aliphatic carbocycles. The summed E-state index contributed by atoms with van der Waals surface area (Å²) < 4.78 is 5.22. The van der Waals surface area contributed by atoms with Gasteiger partial charge in [-0.2, -0.15) is 0 Å². The van der Waals surface area contributed by atoms with Crippen molar-refractivity contribution >= 4 is 22.6 Å². The van der Waals surface area contributed by atoms with Gasteiger partial charge in [0, 0.05) is 30.3 Å². The SMILES string of the molecule is COc1ccc2[nH]cc(C(=O)N(C)c3ccccn3)c2c1. The highest BCUT2D eigenvalue weighted by Gasteiger charge is 2.18. The van der Waals surface area contributed by atoms with Crippen molar-refractivity contribution in [2.45, 2.75) is 0 Å². The Kier molecular flexibility index (Phi) is 3.31. The predicted octanol–water partition coefficient (Wildman–Crippen LogP) is 2.85. The van der Waals surface area contributed by atoms with Gasteiger partial charge in [-0.25, -0.2) is 4.98 Å². The van der Waals surface area contributed by atoms with Crippen LogP contribution in [-0.2, 0) is 0 Å². The van der Waals surface area contributed by atoms with Gasteiger partial charge < -0.3 is 9.72 Å². The van der Waals surface area contributed by atoms with Gasteiger partial charge in [0.1, 0.15) is 11.6 Å². The van der Waals surface area contributed by atoms with Gasteiger partial charge in [-0.1, -0.05) is 6.07 Å². The van der Waals surface area contributed by atoms with Crippen molar-refractivity contribution in [1.82, 2.24) is 9.97 Å². The third-order valence-electron chi connectivity index (χ3n) is 3.42. The van der Waals surface area contributed by atoms with Crippen LogP contribution in [0.15, 0.2) is 48.8 Å². The number of nitrogens with one attached hydrogen (secondary N) is 1. The summed E-state index contributed by atoms with van der Waals surface area (Å²) in [5.74, 6) is 1.21. The van der Waals surface area contributed by atoms with Crippen LogP contribution in [0, 0.1) is 0 Å². The molecule has 0 aliphatic rings. The van der Waals surface area contributed by atoms with Crippen molar-refractivity contribution in [2.24, 2.45) is 0 Å². The molecule has 1 aromatic carbocycles. The van der Waals surface area contributed by atoms with Crippen LogP contribution in [-0.4, -0.2) is 30.0 Å². The van der Waals surface area contributed by atoms with Gasteiger partial charge in [-0.3, -0.25) is 9.69 Å². The number of hydrogen-bond acceptors (Lipinski definition) is 3. The zero-order valence-electron chi connectivity index (χ0n) is 11.8. The first kappa shape index (κ1) is 13.2. The number of carbonyl (C=O) groups excluding carboxylic acids is 1. The fourth-order valence-corrected chi connectivity index (χ4v) is 2.24. The Labute approximate surface area is 122 Å². The number of pyridine rings is 1. The first-order valence-electron chi connectivity index (χ1n) is 6.55. The predicted molar refractivity (Wildman–Crippen MR) is 81.8 cm³/mol. The zero-order valence-corrected chi connectivity index (χ0v) is 11.8. The van der Waals surface area contributed by atoms with Gasteiger partial charge in [0.15, 0.2) is 0 Å². The molecule has 3 rings (SSSR count). The minimum Gasteiger partial charge on any atom is -0.497 e. The lowest BCUT2D eigenvalue weighted by Gasteiger charge is -2.15. The second-order valence-corrected chi connectivity index (χ2v) is 4.67. The van der Waals surface area contributed by atoms with Gasteiger partial charge in [0.05, 0.1) is 12.7 Å². The maximum Gasteiger partial charge on any atom is 0.261 e. The van der Waals surface area contributed by atoms with Crippen LogP contribution in [0.1, 0.15) is 10.4 Å². The molecule has 0 atom stereocenters. The zero-order chi connectivity index (χ0) is 14.8. The van der Waals surface area contributed by atoms with Crippen molar-refractivity contribution < 1.29 is 9.53 Å². The number of methoxy groups -OCH3 is 1. The molecule has 1 N–H and O–H groups in total. The quantitative estimate of drug-likeness (QED) is 0.803. The molecule has 5 heteroatoms. The van der Waals surface area contributed by atoms with E-state index >= 15 is 0 Å². The highest BCUT2D eigenvalue weighted by molar-refractivity contribution is 6.13. The number of rotatable bonds is 3. The van der Waals surface area contributed by atoms with Crippen LogP contribution in [0.3, 0.4) is 0 Å². The summed E-state index contributed by atoms with van der Waals surface area (Å²) in [4.78, 5) is 21.5. The third-order valence-corrected chi connectivity index (χ3v) is 3.42. The molecule has 1 amide bonds. The summed E-state index contributed by atoms with van der Waals surface area (Å²) in [5.41, 5.74) is 1.49. The maximum atomic E-state index is 12.6. The van der Waals surface area contributed by atoms with Crippen LogP contribution < -0.4 is 9.64 Å². The minimum absolute atomic E-state index is 0.117. The molecule has 0 fully saturated rings. The highest BCUT2D eigenvalue weighted by Crippen LogP contribution is 2.25. The van der Waals surface area contributed by atoms with Gasteiger partial charge in [0.25, 0.3) is 5.91 Å². The van der Waals surface area contributed by atoms with Crippen LogP contribution in [0.2, 0.25) is 0 Å². The van der Waals surface area contributed by atoms with Crippen molar-refractivity contribution in [2.75, 3.05) is 19.1 Å². The number of anilines is 1. The summed E-state index contributed by atoms with van der Waals surface area (Å²) in [6.45, 7) is 0. The van der Waals surface area contributed by atoms with E-state index in [0.717, 1.165) is 16.7 Å². The fourth-order valence-electron chi connectivity index (χ4n) is 2.24. The molecule has 2 heterocycles. The number of fused-ring (bicyclic) bond motifs is 1. The Morgan fingerprint density at radius 2 is 2.14 bits per heavy atom. The molecule has 106 valence electrons. The monoisotopic (exact) mass is 281 g/mol. The maximum absolute atomic E-state index is 12.6. The molecular formula is C16H15N3O2. The Balaban J connectivity index is 2.01. The molecule has 3 aromatic rings. The first-order valence-corrected chi connectivity index (χ1v) is 6.55. The van der Waals surface area contributed by atoms with E-state index in [2.05, 4.69) is 9.97 Å². The molecule has 0 radical (unpaired) electrons. The van der Waals surface area contributed by atoms with E-state index in [9.17, 15) is 4.79 Å². The summed E-state index contributed by atoms with van der Waals surface area (Å²) in [7, 11) is 3.32. The molecule has 0 aliphatic heterocycles. The number of aromatic nitrogens is 2. The van der Waals surface area contributed by atoms with Crippen LogP contribution in [0.25, 0.3) is 10.9 Å². The molecule has 2 aromatic heterocycles. The van der Waals surface area contributed by atoms with E-state index < -0.39 is 0 Å². The molecule has 0 saturated carbocycles. The smallest absolute Gasteiger partial charge is 0.261 e. The number of hydrogen-bond donors (Lipinski definition) is 1. The van der Waals surface area contributed by atoms with E-state index in [1.165, 1.54) is 4.90 Å². The second-order valence-electron chi connectivity index (χ2n) is 4.67. The Morgan fingerprint density at radius 1 is 1.29 bits per heavy atom. The number of ether oxygens (including phenoxy) is 1. The molecule has 21 heavy (non-hydrogen) atoms. The third kappa shape index (κ3) is 2.33. The van der Waals surface area contributed by atoms with Gasteiger partial charge >= 0.3 is 0 Å². The van der Waals surface area contributed by atoms with Crippen LogP contribution in [0.4, 0.5) is 5.82 Å². The highest BCUT2D eigenvalue weighted by atomic mass is 16.5. The largest absolute Gasteiger partial charge is 0.497 e. The van der Waals surface area contributed by atoms with Crippen molar-refractivity contribution in [3.8, 4) is 5.75 Å². The minimum atomic E-state index is -0.117. The number of nitrogens with zero attached hydrogens (tertiary/aromatic N) is 2. The van der Waals surface area contributed by atoms with Crippen LogP contribution in [0.5, 0.6) is 5.75 Å². The summed E-state index contributed by atoms with van der Waals surface area (Å²) >= 11 is 0. The van der Waals surface area contributed by atoms with Gasteiger partial charge in [0.2, 0.25) is 0 Å². The van der Waals surface area contributed by atoms with E-state index in [1.807, 2.05) is 30.3 Å². The number of carbonyl (C=O) groups is 1. The number of H-pyrrole nitrogens is 1. The van der Waals surface area contributed by atoms with E-state index in [4.69, 9.17) is 4.74 Å². The van der Waals surface area contributed by atoms with E-state index in [1.54, 1.807) is 32.6 Å². The average Bonchev–Trinajstić information content (AvgIpc) is 2.97. The van der Waals surface area contributed by atoms with E-state index in [0.29, 0.717) is 11.4 Å². The number of benzene rings is 1. The second kappa shape index (κ2) is 5.28. The molecule has 0 bridgehead atoms. The summed E-state index contributed by atoms with van der Waals surface area (Å²) in [6, 6.07) is 11.1. The van der Waals surface area contributed by atoms with Gasteiger partial charge in [-0.15, -0.1) is 0 Å². The lowest BCUT2D eigenvalue weighted by atomic mass is 10.1. The number of aromatic amines is 1. The number of amides is 1. The molecule has 0 saturated heterocycles. The lowest BCUT2D eigenvalue weighted by Crippen LogP contribution is -2.26. The molecule has 5 nitrogen and oxygen atoms in total. The van der Waals surface area contributed by atoms with Crippen molar-refractivity contribution in [1.29, 1.82) is 0 Å². The topological polar surface area (TPSA) is 58.2 Å². The van der Waals surface area contributed by atoms with Crippen molar-refractivity contribution in [3.63, 3.8) is 0 Å². The summed E-state index contributed by atoms with van der Waals surface area (Å²) in [5, 5.41) is 0.835. The first-order chi connectivity index (χ1) is 10.2. The van der Waals surface area contributed by atoms with Gasteiger partial charge in [-0.05, 0) is 30.3 Å². The van der Waals surface area contributed by atoms with Crippen LogP contribution >= 0.6 is 0 Å². The molecule has 0 spiro atoms.